The number of hydrogen-bond donors (Lipinski definition) is 0. The zero-order valence-corrected chi connectivity index (χ0v) is 12.9. The van der Waals surface area contributed by atoms with Crippen LogP contribution in [0.1, 0.15) is 19.2 Å². The Morgan fingerprint density at radius 3 is 2.72 bits per heavy atom. The van der Waals surface area contributed by atoms with Crippen LogP contribution in [0.3, 0.4) is 0 Å². The van der Waals surface area contributed by atoms with Gasteiger partial charge in [0.25, 0.3) is 0 Å². The number of halogens is 2. The fourth-order valence-electron chi connectivity index (χ4n) is 1.40. The molecule has 6 heteroatoms. The normalized spacial score (nSPS) is 10.4. The van der Waals surface area contributed by atoms with E-state index < -0.39 is 0 Å². The van der Waals surface area contributed by atoms with Crippen LogP contribution in [-0.2, 0) is 6.42 Å². The van der Waals surface area contributed by atoms with Crippen LogP contribution in [-0.4, -0.2) is 15.0 Å². The minimum Gasteiger partial charge on any atom is -0.437 e. The first-order valence-electron chi connectivity index (χ1n) is 5.49. The Kier molecular flexibility index (Phi) is 4.66. The maximum Gasteiger partial charge on any atom is 0.223 e. The van der Waals surface area contributed by atoms with E-state index in [0.29, 0.717) is 11.6 Å². The highest BCUT2D eigenvalue weighted by Gasteiger charge is 2.05. The summed E-state index contributed by atoms with van der Waals surface area (Å²) in [4.78, 5) is 12.7. The number of rotatable bonds is 4. The Morgan fingerprint density at radius 2 is 2.00 bits per heavy atom. The van der Waals surface area contributed by atoms with Gasteiger partial charge in [-0.2, -0.15) is 4.98 Å². The molecule has 0 fully saturated rings. The standard InChI is InChI=1S/C12H11Br2N3O/c1-2-3-11-16-10(14)5-12(17-11)18-9-4-8(13)6-15-7-9/h4-7H,2-3H2,1H3. The molecule has 18 heavy (non-hydrogen) atoms. The fourth-order valence-corrected chi connectivity index (χ4v) is 2.14. The van der Waals surface area contributed by atoms with Crippen molar-refractivity contribution in [3.05, 3.63) is 39.4 Å². The summed E-state index contributed by atoms with van der Waals surface area (Å²) in [6, 6.07) is 3.57. The van der Waals surface area contributed by atoms with Gasteiger partial charge in [-0.05, 0) is 44.3 Å². The highest BCUT2D eigenvalue weighted by Crippen LogP contribution is 2.23. The maximum atomic E-state index is 5.65. The molecule has 0 saturated heterocycles. The van der Waals surface area contributed by atoms with Crippen molar-refractivity contribution in [3.63, 3.8) is 0 Å². The fraction of sp³-hybridized carbons (Fsp3) is 0.250. The second kappa shape index (κ2) is 6.24. The van der Waals surface area contributed by atoms with Gasteiger partial charge in [0.15, 0.2) is 0 Å². The van der Waals surface area contributed by atoms with Gasteiger partial charge in [0.05, 0.1) is 6.20 Å². The van der Waals surface area contributed by atoms with Crippen LogP contribution in [0.25, 0.3) is 0 Å². The summed E-state index contributed by atoms with van der Waals surface area (Å²) in [5.41, 5.74) is 0. The Bertz CT molecular complexity index is 549. The molecule has 0 spiro atoms. The summed E-state index contributed by atoms with van der Waals surface area (Å²) in [6.07, 6.45) is 5.16. The van der Waals surface area contributed by atoms with Crippen molar-refractivity contribution in [1.29, 1.82) is 0 Å². The van der Waals surface area contributed by atoms with Crippen LogP contribution in [0.15, 0.2) is 33.6 Å². The quantitative estimate of drug-likeness (QED) is 0.756. The van der Waals surface area contributed by atoms with Crippen LogP contribution in [0.5, 0.6) is 11.6 Å². The third kappa shape index (κ3) is 3.74. The predicted octanol–water partition coefficient (Wildman–Crippen LogP) is 4.14. The lowest BCUT2D eigenvalue weighted by Crippen LogP contribution is -1.98. The SMILES string of the molecule is CCCc1nc(Br)cc(Oc2cncc(Br)c2)n1. The first-order chi connectivity index (χ1) is 8.67. The molecule has 0 amide bonds. The zero-order valence-electron chi connectivity index (χ0n) is 9.73. The Labute approximate surface area is 122 Å². The molecule has 0 radical (unpaired) electrons. The second-order valence-electron chi connectivity index (χ2n) is 3.64. The number of nitrogens with zero attached hydrogens (tertiary/aromatic N) is 3. The molecule has 2 aromatic rings. The first-order valence-corrected chi connectivity index (χ1v) is 7.08. The highest BCUT2D eigenvalue weighted by molar-refractivity contribution is 9.10. The van der Waals surface area contributed by atoms with Crippen molar-refractivity contribution < 1.29 is 4.74 Å². The molecule has 2 aromatic heterocycles. The van der Waals surface area contributed by atoms with E-state index >= 15 is 0 Å². The largest absolute Gasteiger partial charge is 0.437 e. The summed E-state index contributed by atoms with van der Waals surface area (Å²) in [5.74, 6) is 1.92. The molecule has 0 N–H and O–H groups in total. The van der Waals surface area contributed by atoms with Crippen LogP contribution < -0.4 is 4.74 Å². The van der Waals surface area contributed by atoms with Crippen molar-refractivity contribution in [2.75, 3.05) is 0 Å². The average Bonchev–Trinajstić information content (AvgIpc) is 2.28. The lowest BCUT2D eigenvalue weighted by Gasteiger charge is -2.06. The smallest absolute Gasteiger partial charge is 0.223 e. The Balaban J connectivity index is 2.23. The van der Waals surface area contributed by atoms with E-state index in [2.05, 4.69) is 53.7 Å². The molecule has 2 heterocycles. The molecular formula is C12H11Br2N3O. The van der Waals surface area contributed by atoms with Gasteiger partial charge in [0, 0.05) is 23.2 Å². The molecule has 2 rings (SSSR count). The lowest BCUT2D eigenvalue weighted by atomic mass is 10.3. The van der Waals surface area contributed by atoms with Gasteiger partial charge in [0.1, 0.15) is 16.2 Å². The number of pyridine rings is 1. The summed E-state index contributed by atoms with van der Waals surface area (Å²) >= 11 is 6.70. The molecule has 0 aromatic carbocycles. The van der Waals surface area contributed by atoms with E-state index in [1.807, 2.05) is 6.07 Å². The maximum absolute atomic E-state index is 5.65. The van der Waals surface area contributed by atoms with E-state index in [4.69, 9.17) is 4.74 Å². The van der Waals surface area contributed by atoms with Gasteiger partial charge in [0.2, 0.25) is 5.88 Å². The Hall–Kier alpha value is -1.01. The van der Waals surface area contributed by atoms with E-state index in [1.54, 1.807) is 18.5 Å². The lowest BCUT2D eigenvalue weighted by molar-refractivity contribution is 0.455. The molecule has 94 valence electrons. The molecule has 0 bridgehead atoms. The second-order valence-corrected chi connectivity index (χ2v) is 5.36. The van der Waals surface area contributed by atoms with Crippen LogP contribution in [0, 0.1) is 0 Å². The minimum atomic E-state index is 0.514. The number of ether oxygens (including phenoxy) is 1. The number of aromatic nitrogens is 3. The molecule has 4 nitrogen and oxygen atoms in total. The van der Waals surface area contributed by atoms with Gasteiger partial charge in [-0.25, -0.2) is 4.98 Å². The van der Waals surface area contributed by atoms with E-state index in [1.165, 1.54) is 0 Å². The molecule has 0 atom stereocenters. The average molecular weight is 373 g/mol. The first kappa shape index (κ1) is 13.4. The van der Waals surface area contributed by atoms with Crippen molar-refractivity contribution in [1.82, 2.24) is 15.0 Å². The monoisotopic (exact) mass is 371 g/mol. The summed E-state index contributed by atoms with van der Waals surface area (Å²) < 4.78 is 7.24. The third-order valence-corrected chi connectivity index (χ3v) is 2.93. The summed E-state index contributed by atoms with van der Waals surface area (Å²) in [7, 11) is 0. The van der Waals surface area contributed by atoms with Gasteiger partial charge >= 0.3 is 0 Å². The van der Waals surface area contributed by atoms with E-state index in [0.717, 1.165) is 27.7 Å². The minimum absolute atomic E-state index is 0.514. The van der Waals surface area contributed by atoms with Gasteiger partial charge in [-0.3, -0.25) is 4.98 Å². The topological polar surface area (TPSA) is 47.9 Å². The zero-order chi connectivity index (χ0) is 13.0. The predicted molar refractivity (Wildman–Crippen MR) is 75.7 cm³/mol. The molecule has 0 aliphatic rings. The summed E-state index contributed by atoms with van der Waals surface area (Å²) in [6.45, 7) is 2.09. The molecular weight excluding hydrogens is 362 g/mol. The van der Waals surface area contributed by atoms with Crippen molar-refractivity contribution in [3.8, 4) is 11.6 Å². The van der Waals surface area contributed by atoms with Gasteiger partial charge in [-0.1, -0.05) is 6.92 Å². The van der Waals surface area contributed by atoms with Gasteiger partial charge < -0.3 is 4.74 Å². The van der Waals surface area contributed by atoms with E-state index in [-0.39, 0.29) is 0 Å². The highest BCUT2D eigenvalue weighted by atomic mass is 79.9. The number of hydrogen-bond acceptors (Lipinski definition) is 4. The van der Waals surface area contributed by atoms with Crippen LogP contribution >= 0.6 is 31.9 Å². The molecule has 0 aliphatic carbocycles. The third-order valence-electron chi connectivity index (χ3n) is 2.09. The van der Waals surface area contributed by atoms with E-state index in [9.17, 15) is 0 Å². The Morgan fingerprint density at radius 1 is 1.17 bits per heavy atom. The van der Waals surface area contributed by atoms with Crippen molar-refractivity contribution in [2.45, 2.75) is 19.8 Å². The number of aryl methyl sites for hydroxylation is 1. The van der Waals surface area contributed by atoms with Crippen LogP contribution in [0.4, 0.5) is 0 Å². The van der Waals surface area contributed by atoms with Gasteiger partial charge in [-0.15, -0.1) is 0 Å². The van der Waals surface area contributed by atoms with Crippen molar-refractivity contribution >= 4 is 31.9 Å². The molecule has 0 saturated carbocycles. The molecule has 0 unspecified atom stereocenters. The molecule has 0 aliphatic heterocycles. The van der Waals surface area contributed by atoms with Crippen LogP contribution in [0.2, 0.25) is 0 Å². The van der Waals surface area contributed by atoms with Crippen molar-refractivity contribution in [2.24, 2.45) is 0 Å². The summed E-state index contributed by atoms with van der Waals surface area (Å²) in [5, 5.41) is 0.